The summed E-state index contributed by atoms with van der Waals surface area (Å²) in [7, 11) is 0. The number of hydrogen-bond donors (Lipinski definition) is 1. The van der Waals surface area contributed by atoms with Crippen LogP contribution in [-0.4, -0.2) is 21.2 Å². The van der Waals surface area contributed by atoms with E-state index in [0.29, 0.717) is 11.0 Å². The molecule has 0 radical (unpaired) electrons. The van der Waals surface area contributed by atoms with Gasteiger partial charge < -0.3 is 9.90 Å². The average Bonchev–Trinajstić information content (AvgIpc) is 2.92. The zero-order chi connectivity index (χ0) is 15.5. The van der Waals surface area contributed by atoms with Crippen LogP contribution in [0.5, 0.6) is 0 Å². The summed E-state index contributed by atoms with van der Waals surface area (Å²) in [6.07, 6.45) is 1.59. The van der Waals surface area contributed by atoms with Crippen LogP contribution in [0, 0.1) is 6.92 Å². The number of rotatable bonds is 4. The van der Waals surface area contributed by atoms with Gasteiger partial charge in [0.05, 0.1) is 5.97 Å². The minimum atomic E-state index is -1.25. The summed E-state index contributed by atoms with van der Waals surface area (Å²) in [5.74, 6) is -0.620. The first kappa shape index (κ1) is 14.3. The number of hydrogen-bond acceptors (Lipinski definition) is 5. The Kier molecular flexibility index (Phi) is 3.93. The minimum absolute atomic E-state index is 0.0651. The predicted octanol–water partition coefficient (Wildman–Crippen LogP) is 2.15. The molecule has 0 atom stereocenters. The lowest BCUT2D eigenvalue weighted by Crippen LogP contribution is -2.23. The number of H-pyrrole nitrogens is 1. The van der Waals surface area contributed by atoms with E-state index in [1.54, 1.807) is 13.0 Å². The summed E-state index contributed by atoms with van der Waals surface area (Å²) in [4.78, 5) is 15.6. The molecular weight excluding hydrogens is 298 g/mol. The zero-order valence-corrected chi connectivity index (χ0v) is 12.6. The lowest BCUT2D eigenvalue weighted by molar-refractivity contribution is -0.297. The fourth-order valence-electron chi connectivity index (χ4n) is 2.11. The maximum atomic E-state index is 11.4. The zero-order valence-electron chi connectivity index (χ0n) is 11.7. The smallest absolute Gasteiger partial charge is 0.213 e. The molecule has 3 aromatic rings. The van der Waals surface area contributed by atoms with Crippen LogP contribution in [0.2, 0.25) is 0 Å². The standard InChI is InChI=1S/C16H13N3O2S/c1-10-17-16(19-18-10)22-14(15(20)21)9-12-7-4-6-11-5-2-3-8-13(11)12/h2-9H,1H3,(H,20,21)(H,17,18,19)/p-1/b14-9+. The Hall–Kier alpha value is -2.60. The molecule has 5 nitrogen and oxygen atoms in total. The number of aliphatic carboxylic acids is 1. The monoisotopic (exact) mass is 310 g/mol. The largest absolute Gasteiger partial charge is 0.544 e. The number of fused-ring (bicyclic) bond motifs is 1. The Morgan fingerprint density at radius 2 is 2.00 bits per heavy atom. The molecule has 22 heavy (non-hydrogen) atoms. The van der Waals surface area contributed by atoms with Crippen molar-refractivity contribution in [2.45, 2.75) is 12.1 Å². The Morgan fingerprint density at radius 3 is 2.73 bits per heavy atom. The van der Waals surface area contributed by atoms with Gasteiger partial charge in [-0.2, -0.15) is 0 Å². The highest BCUT2D eigenvalue weighted by atomic mass is 32.2. The van der Waals surface area contributed by atoms with E-state index in [1.807, 2.05) is 42.5 Å². The molecular formula is C16H12N3O2S-. The third kappa shape index (κ3) is 3.01. The van der Waals surface area contributed by atoms with E-state index in [2.05, 4.69) is 15.2 Å². The Labute approximate surface area is 131 Å². The van der Waals surface area contributed by atoms with Gasteiger partial charge in [0.25, 0.3) is 0 Å². The van der Waals surface area contributed by atoms with Crippen LogP contribution in [0.3, 0.4) is 0 Å². The number of carbonyl (C=O) groups is 1. The molecule has 6 heteroatoms. The summed E-state index contributed by atoms with van der Waals surface area (Å²) < 4.78 is 0. The number of aromatic nitrogens is 3. The van der Waals surface area contributed by atoms with E-state index in [4.69, 9.17) is 0 Å². The number of carboxylic acids is 1. The predicted molar refractivity (Wildman–Crippen MR) is 83.9 cm³/mol. The molecule has 0 spiro atoms. The molecule has 0 saturated heterocycles. The molecule has 0 aliphatic carbocycles. The van der Waals surface area contributed by atoms with Crippen LogP contribution in [-0.2, 0) is 4.79 Å². The van der Waals surface area contributed by atoms with Crippen LogP contribution in [0.15, 0.2) is 52.5 Å². The maximum absolute atomic E-state index is 11.4. The summed E-state index contributed by atoms with van der Waals surface area (Å²) in [5, 5.41) is 20.4. The summed E-state index contributed by atoms with van der Waals surface area (Å²) in [6.45, 7) is 1.75. The lowest BCUT2D eigenvalue weighted by Gasteiger charge is -2.07. The Morgan fingerprint density at radius 1 is 1.23 bits per heavy atom. The number of nitrogens with zero attached hydrogens (tertiary/aromatic N) is 2. The van der Waals surface area contributed by atoms with Gasteiger partial charge in [0, 0.05) is 4.91 Å². The van der Waals surface area contributed by atoms with Gasteiger partial charge in [0.15, 0.2) is 0 Å². The van der Waals surface area contributed by atoms with Crippen molar-refractivity contribution in [2.75, 3.05) is 0 Å². The number of aryl methyl sites for hydroxylation is 1. The molecule has 1 aromatic heterocycles. The van der Waals surface area contributed by atoms with Gasteiger partial charge in [-0.25, -0.2) is 4.98 Å². The van der Waals surface area contributed by atoms with Gasteiger partial charge >= 0.3 is 0 Å². The molecule has 1 heterocycles. The molecule has 3 rings (SSSR count). The average molecular weight is 310 g/mol. The third-order valence-electron chi connectivity index (χ3n) is 3.09. The molecule has 0 saturated carbocycles. The second kappa shape index (κ2) is 6.03. The minimum Gasteiger partial charge on any atom is -0.544 e. The van der Waals surface area contributed by atoms with Crippen molar-refractivity contribution in [3.8, 4) is 0 Å². The van der Waals surface area contributed by atoms with Gasteiger partial charge in [-0.05, 0) is 41.1 Å². The molecule has 0 fully saturated rings. The number of carbonyl (C=O) groups excluding carboxylic acids is 1. The lowest BCUT2D eigenvalue weighted by atomic mass is 10.0. The van der Waals surface area contributed by atoms with E-state index in [9.17, 15) is 9.90 Å². The highest BCUT2D eigenvalue weighted by Gasteiger charge is 2.08. The van der Waals surface area contributed by atoms with Gasteiger partial charge in [-0.3, -0.25) is 5.10 Å². The quantitative estimate of drug-likeness (QED) is 0.590. The van der Waals surface area contributed by atoms with Crippen molar-refractivity contribution >= 4 is 34.6 Å². The van der Waals surface area contributed by atoms with Gasteiger partial charge in [-0.15, -0.1) is 5.10 Å². The second-order valence-electron chi connectivity index (χ2n) is 4.67. The van der Waals surface area contributed by atoms with E-state index >= 15 is 0 Å². The van der Waals surface area contributed by atoms with E-state index in [1.165, 1.54) is 0 Å². The van der Waals surface area contributed by atoms with Crippen LogP contribution < -0.4 is 5.11 Å². The fourth-order valence-corrected chi connectivity index (χ4v) is 2.85. The third-order valence-corrected chi connectivity index (χ3v) is 3.96. The highest BCUT2D eigenvalue weighted by Crippen LogP contribution is 2.27. The molecule has 0 unspecified atom stereocenters. The van der Waals surface area contributed by atoms with E-state index in [-0.39, 0.29) is 4.91 Å². The van der Waals surface area contributed by atoms with E-state index < -0.39 is 5.97 Å². The van der Waals surface area contributed by atoms with Crippen molar-refractivity contribution in [3.63, 3.8) is 0 Å². The summed E-state index contributed by atoms with van der Waals surface area (Å²) >= 11 is 0.967. The van der Waals surface area contributed by atoms with Crippen LogP contribution in [0.4, 0.5) is 0 Å². The van der Waals surface area contributed by atoms with Gasteiger partial charge in [0.1, 0.15) is 5.82 Å². The summed E-state index contributed by atoms with van der Waals surface area (Å²) in [6, 6.07) is 13.5. The second-order valence-corrected chi connectivity index (χ2v) is 5.68. The molecule has 1 N–H and O–H groups in total. The molecule has 0 aliphatic rings. The van der Waals surface area contributed by atoms with E-state index in [0.717, 1.165) is 28.1 Å². The van der Waals surface area contributed by atoms with Crippen molar-refractivity contribution in [2.24, 2.45) is 0 Å². The molecule has 0 amide bonds. The number of nitrogens with one attached hydrogen (secondary N) is 1. The molecule has 2 aromatic carbocycles. The number of carboxylic acid groups (broad SMARTS) is 1. The van der Waals surface area contributed by atoms with Crippen molar-refractivity contribution in [3.05, 3.63) is 58.8 Å². The highest BCUT2D eigenvalue weighted by molar-refractivity contribution is 8.04. The van der Waals surface area contributed by atoms with Crippen LogP contribution >= 0.6 is 11.8 Å². The number of thioether (sulfide) groups is 1. The van der Waals surface area contributed by atoms with Crippen LogP contribution in [0.25, 0.3) is 16.8 Å². The van der Waals surface area contributed by atoms with Gasteiger partial charge in [-0.1, -0.05) is 42.5 Å². The van der Waals surface area contributed by atoms with Crippen molar-refractivity contribution in [1.29, 1.82) is 0 Å². The van der Waals surface area contributed by atoms with Crippen LogP contribution in [0.1, 0.15) is 11.4 Å². The first-order valence-electron chi connectivity index (χ1n) is 6.61. The molecule has 110 valence electrons. The molecule has 0 aliphatic heterocycles. The van der Waals surface area contributed by atoms with Crippen molar-refractivity contribution < 1.29 is 9.90 Å². The topological polar surface area (TPSA) is 81.7 Å². The van der Waals surface area contributed by atoms with Gasteiger partial charge in [0.2, 0.25) is 5.16 Å². The normalized spacial score (nSPS) is 11.8. The van der Waals surface area contributed by atoms with Crippen molar-refractivity contribution in [1.82, 2.24) is 15.2 Å². The maximum Gasteiger partial charge on any atom is 0.213 e. The number of benzene rings is 2. The fraction of sp³-hybridized carbons (Fsp3) is 0.0625. The summed E-state index contributed by atoms with van der Waals surface area (Å²) in [5.41, 5.74) is 0.817. The first-order valence-corrected chi connectivity index (χ1v) is 7.43. The molecule has 0 bridgehead atoms. The number of aromatic amines is 1. The Balaban J connectivity index is 2.03. The SMILES string of the molecule is Cc1nc(S/C(=C/c2cccc3ccccc23)C(=O)[O-])n[nH]1. The first-order chi connectivity index (χ1) is 10.6. The Bertz CT molecular complexity index is 865.